The van der Waals surface area contributed by atoms with Crippen molar-refractivity contribution < 1.29 is 9.53 Å². The number of rotatable bonds is 10. The summed E-state index contributed by atoms with van der Waals surface area (Å²) in [5.41, 5.74) is -0.544. The summed E-state index contributed by atoms with van der Waals surface area (Å²) in [5.74, 6) is -0.108. The van der Waals surface area contributed by atoms with E-state index in [2.05, 4.69) is 31.1 Å². The number of esters is 1. The second-order valence-corrected chi connectivity index (χ2v) is 6.34. The van der Waals surface area contributed by atoms with E-state index >= 15 is 0 Å². The van der Waals surface area contributed by atoms with Crippen molar-refractivity contribution in [3.05, 3.63) is 0 Å². The Bertz CT molecular complexity index is 305. The highest BCUT2D eigenvalue weighted by atomic mass is 16.5. The smallest absolute Gasteiger partial charge is 0.326 e. The van der Waals surface area contributed by atoms with Crippen molar-refractivity contribution in [2.24, 2.45) is 0 Å². The third kappa shape index (κ3) is 5.41. The van der Waals surface area contributed by atoms with Gasteiger partial charge < -0.3 is 9.64 Å². The van der Waals surface area contributed by atoms with Crippen LogP contribution in [0.25, 0.3) is 0 Å². The number of carbonyl (C=O) groups is 1. The first-order valence-electron chi connectivity index (χ1n) is 8.08. The van der Waals surface area contributed by atoms with Gasteiger partial charge in [0.2, 0.25) is 0 Å². The molecule has 118 valence electrons. The minimum atomic E-state index is -0.544. The van der Waals surface area contributed by atoms with Gasteiger partial charge in [0, 0.05) is 18.6 Å². The average Bonchev–Trinajstić information content (AvgIpc) is 3.20. The lowest BCUT2D eigenvalue weighted by atomic mass is 9.96. The summed E-state index contributed by atoms with van der Waals surface area (Å²) >= 11 is 0. The lowest BCUT2D eigenvalue weighted by Crippen LogP contribution is -2.53. The zero-order valence-electron chi connectivity index (χ0n) is 13.9. The van der Waals surface area contributed by atoms with Crippen molar-refractivity contribution in [2.75, 3.05) is 20.2 Å². The van der Waals surface area contributed by atoms with Crippen LogP contribution in [0.4, 0.5) is 0 Å². The van der Waals surface area contributed by atoms with Crippen LogP contribution in [0.2, 0.25) is 0 Å². The molecule has 20 heavy (non-hydrogen) atoms. The maximum absolute atomic E-state index is 12.2. The maximum Gasteiger partial charge on any atom is 0.326 e. The lowest BCUT2D eigenvalue weighted by molar-refractivity contribution is -0.151. The van der Waals surface area contributed by atoms with Crippen molar-refractivity contribution in [1.82, 2.24) is 10.2 Å². The third-order valence-corrected chi connectivity index (χ3v) is 4.25. The summed E-state index contributed by atoms with van der Waals surface area (Å²) in [4.78, 5) is 14.6. The van der Waals surface area contributed by atoms with Crippen LogP contribution in [0.1, 0.15) is 59.8 Å². The van der Waals surface area contributed by atoms with E-state index in [9.17, 15) is 4.79 Å². The molecule has 0 aliphatic heterocycles. The molecule has 0 saturated heterocycles. The SMILES string of the molecule is CCCC(C)N(C)CCC(C)(NC1CC1)C(=O)OCC. The van der Waals surface area contributed by atoms with Gasteiger partial charge in [0.25, 0.3) is 0 Å². The van der Waals surface area contributed by atoms with Crippen molar-refractivity contribution in [3.63, 3.8) is 0 Å². The van der Waals surface area contributed by atoms with E-state index in [0.29, 0.717) is 18.7 Å². The van der Waals surface area contributed by atoms with Crippen molar-refractivity contribution in [1.29, 1.82) is 0 Å². The third-order valence-electron chi connectivity index (χ3n) is 4.25. The molecule has 0 aromatic rings. The van der Waals surface area contributed by atoms with Crippen LogP contribution in [0.15, 0.2) is 0 Å². The fourth-order valence-electron chi connectivity index (χ4n) is 2.46. The number of hydrogen-bond acceptors (Lipinski definition) is 4. The van der Waals surface area contributed by atoms with Crippen LogP contribution in [0.3, 0.4) is 0 Å². The molecule has 0 aromatic carbocycles. The molecular formula is C16H32N2O2. The summed E-state index contributed by atoms with van der Waals surface area (Å²) < 4.78 is 5.26. The van der Waals surface area contributed by atoms with Crippen LogP contribution in [0.5, 0.6) is 0 Å². The van der Waals surface area contributed by atoms with Crippen LogP contribution < -0.4 is 5.32 Å². The first kappa shape index (κ1) is 17.4. The van der Waals surface area contributed by atoms with Gasteiger partial charge in [-0.3, -0.25) is 10.1 Å². The summed E-state index contributed by atoms with van der Waals surface area (Å²) in [6.07, 6.45) is 5.55. The van der Waals surface area contributed by atoms with E-state index in [4.69, 9.17) is 4.74 Å². The molecule has 0 spiro atoms. The Balaban J connectivity index is 2.53. The molecule has 4 nitrogen and oxygen atoms in total. The second-order valence-electron chi connectivity index (χ2n) is 6.34. The van der Waals surface area contributed by atoms with Gasteiger partial charge in [0.05, 0.1) is 6.61 Å². The topological polar surface area (TPSA) is 41.6 Å². The van der Waals surface area contributed by atoms with Gasteiger partial charge in [-0.2, -0.15) is 0 Å². The van der Waals surface area contributed by atoms with Gasteiger partial charge in [-0.1, -0.05) is 13.3 Å². The first-order valence-corrected chi connectivity index (χ1v) is 8.08. The summed E-state index contributed by atoms with van der Waals surface area (Å²) in [6, 6.07) is 1.06. The number of nitrogens with one attached hydrogen (secondary N) is 1. The van der Waals surface area contributed by atoms with Crippen molar-refractivity contribution in [3.8, 4) is 0 Å². The van der Waals surface area contributed by atoms with Crippen molar-refractivity contribution in [2.45, 2.75) is 77.4 Å². The average molecular weight is 284 g/mol. The van der Waals surface area contributed by atoms with E-state index in [-0.39, 0.29) is 5.97 Å². The summed E-state index contributed by atoms with van der Waals surface area (Å²) in [6.45, 7) is 9.67. The second kappa shape index (κ2) is 7.99. The highest BCUT2D eigenvalue weighted by Crippen LogP contribution is 2.25. The largest absolute Gasteiger partial charge is 0.465 e. The molecule has 2 atom stereocenters. The molecule has 0 amide bonds. The molecule has 1 saturated carbocycles. The van der Waals surface area contributed by atoms with Gasteiger partial charge >= 0.3 is 5.97 Å². The Morgan fingerprint density at radius 3 is 2.60 bits per heavy atom. The molecule has 2 unspecified atom stereocenters. The van der Waals surface area contributed by atoms with Gasteiger partial charge in [0.15, 0.2) is 0 Å². The van der Waals surface area contributed by atoms with E-state index in [0.717, 1.165) is 13.0 Å². The van der Waals surface area contributed by atoms with Gasteiger partial charge in [-0.25, -0.2) is 0 Å². The molecule has 4 heteroatoms. The molecular weight excluding hydrogens is 252 g/mol. The molecule has 0 radical (unpaired) electrons. The minimum Gasteiger partial charge on any atom is -0.465 e. The molecule has 0 aromatic heterocycles. The number of ether oxygens (including phenoxy) is 1. The Hall–Kier alpha value is -0.610. The molecule has 1 aliphatic carbocycles. The predicted octanol–water partition coefficient (Wildman–Crippen LogP) is 2.57. The molecule has 1 aliphatic rings. The summed E-state index contributed by atoms with van der Waals surface area (Å²) in [5, 5.41) is 3.48. The fourth-order valence-corrected chi connectivity index (χ4v) is 2.46. The standard InChI is InChI=1S/C16H32N2O2/c1-6-8-13(3)18(5)12-11-16(4,15(19)20-7-2)17-14-9-10-14/h13-14,17H,6-12H2,1-5H3. The Morgan fingerprint density at radius 2 is 2.10 bits per heavy atom. The molecule has 0 bridgehead atoms. The molecule has 1 fully saturated rings. The van der Waals surface area contributed by atoms with Gasteiger partial charge in [-0.15, -0.1) is 0 Å². The van der Waals surface area contributed by atoms with E-state index in [1.165, 1.54) is 25.7 Å². The zero-order valence-corrected chi connectivity index (χ0v) is 13.9. The predicted molar refractivity (Wildman–Crippen MR) is 82.8 cm³/mol. The zero-order chi connectivity index (χ0) is 15.2. The van der Waals surface area contributed by atoms with Gasteiger partial charge in [0.1, 0.15) is 5.54 Å². The number of nitrogens with zero attached hydrogens (tertiary/aromatic N) is 1. The van der Waals surface area contributed by atoms with Crippen LogP contribution in [0, 0.1) is 0 Å². The van der Waals surface area contributed by atoms with E-state index < -0.39 is 5.54 Å². The molecule has 1 rings (SSSR count). The normalized spacial score (nSPS) is 19.7. The molecule has 1 N–H and O–H groups in total. The Morgan fingerprint density at radius 1 is 1.45 bits per heavy atom. The fraction of sp³-hybridized carbons (Fsp3) is 0.938. The Kier molecular flexibility index (Phi) is 6.96. The van der Waals surface area contributed by atoms with Crippen LogP contribution >= 0.6 is 0 Å². The van der Waals surface area contributed by atoms with Crippen molar-refractivity contribution >= 4 is 5.97 Å². The highest BCUT2D eigenvalue weighted by Gasteiger charge is 2.39. The van der Waals surface area contributed by atoms with Crippen LogP contribution in [-0.4, -0.2) is 48.7 Å². The Labute approximate surface area is 124 Å². The maximum atomic E-state index is 12.2. The van der Waals surface area contributed by atoms with Crippen LogP contribution in [-0.2, 0) is 9.53 Å². The quantitative estimate of drug-likeness (QED) is 0.626. The highest BCUT2D eigenvalue weighted by molar-refractivity contribution is 5.80. The summed E-state index contributed by atoms with van der Waals surface area (Å²) in [7, 11) is 2.14. The first-order chi connectivity index (χ1) is 9.42. The van der Waals surface area contributed by atoms with E-state index in [1.807, 2.05) is 13.8 Å². The van der Waals surface area contributed by atoms with E-state index in [1.54, 1.807) is 0 Å². The minimum absolute atomic E-state index is 0.108. The monoisotopic (exact) mass is 284 g/mol. The lowest BCUT2D eigenvalue weighted by Gasteiger charge is -2.32. The number of carbonyl (C=O) groups excluding carboxylic acids is 1. The molecule has 0 heterocycles. The van der Waals surface area contributed by atoms with Gasteiger partial charge in [-0.05, 0) is 53.5 Å². The number of hydrogen-bond donors (Lipinski definition) is 1.